The highest BCUT2D eigenvalue weighted by Gasteiger charge is 2.30. The lowest BCUT2D eigenvalue weighted by Gasteiger charge is -2.36. The first kappa shape index (κ1) is 13.9. The van der Waals surface area contributed by atoms with Gasteiger partial charge in [-0.2, -0.15) is 5.10 Å². The van der Waals surface area contributed by atoms with Gasteiger partial charge in [0, 0.05) is 24.2 Å². The molecule has 0 saturated heterocycles. The predicted octanol–water partition coefficient (Wildman–Crippen LogP) is 2.80. The molecule has 1 aromatic carbocycles. The predicted molar refractivity (Wildman–Crippen MR) is 84.0 cm³/mol. The minimum atomic E-state index is -0.0226. The number of fused-ring (bicyclic) bond motifs is 1. The largest absolute Gasteiger partial charge is 0.399 e. The molecule has 2 aromatic rings. The second kappa shape index (κ2) is 5.39. The Morgan fingerprint density at radius 3 is 2.90 bits per heavy atom. The Bertz CT molecular complexity index is 663. The second-order valence-corrected chi connectivity index (χ2v) is 6.12. The molecule has 0 radical (unpaired) electrons. The fraction of sp³-hybridized carbons (Fsp3) is 0.500. The Kier molecular flexibility index (Phi) is 3.57. The average Bonchev–Trinajstić information content (AvgIpc) is 2.89. The second-order valence-electron chi connectivity index (χ2n) is 6.12. The maximum Gasteiger partial charge on any atom is 0.274 e. The Hall–Kier alpha value is -2.04. The van der Waals surface area contributed by atoms with Crippen LogP contribution in [0.4, 0.5) is 5.69 Å². The van der Waals surface area contributed by atoms with Crippen molar-refractivity contribution in [2.75, 3.05) is 12.8 Å². The van der Waals surface area contributed by atoms with Gasteiger partial charge >= 0.3 is 0 Å². The standard InChI is InChI=1S/C16H22N4O/c1-10-5-3-4-6-14(10)20(2)16(21)15-12-9-11(17)7-8-13(12)18-19-15/h7-10,14H,3-6,17H2,1-2H3,(H,18,19). The van der Waals surface area contributed by atoms with Gasteiger partial charge in [-0.05, 0) is 37.0 Å². The van der Waals surface area contributed by atoms with Gasteiger partial charge in [-0.25, -0.2) is 0 Å². The van der Waals surface area contributed by atoms with Crippen molar-refractivity contribution in [1.82, 2.24) is 15.1 Å². The SMILES string of the molecule is CC1CCCCC1N(C)C(=O)c1n[nH]c2ccc(N)cc12. The highest BCUT2D eigenvalue weighted by molar-refractivity contribution is 6.05. The van der Waals surface area contributed by atoms with Crippen LogP contribution in [0.15, 0.2) is 18.2 Å². The van der Waals surface area contributed by atoms with E-state index >= 15 is 0 Å². The molecule has 1 aliphatic rings. The van der Waals surface area contributed by atoms with Gasteiger partial charge in [0.25, 0.3) is 5.91 Å². The number of rotatable bonds is 2. The van der Waals surface area contributed by atoms with Gasteiger partial charge in [0.15, 0.2) is 5.69 Å². The van der Waals surface area contributed by atoms with Gasteiger partial charge in [0.1, 0.15) is 0 Å². The van der Waals surface area contributed by atoms with E-state index in [1.54, 1.807) is 0 Å². The van der Waals surface area contributed by atoms with Gasteiger partial charge < -0.3 is 10.6 Å². The molecule has 1 aromatic heterocycles. The summed E-state index contributed by atoms with van der Waals surface area (Å²) in [6, 6.07) is 5.78. The maximum atomic E-state index is 12.8. The van der Waals surface area contributed by atoms with E-state index in [0.717, 1.165) is 17.3 Å². The number of H-pyrrole nitrogens is 1. The van der Waals surface area contributed by atoms with Gasteiger partial charge in [-0.15, -0.1) is 0 Å². The smallest absolute Gasteiger partial charge is 0.274 e. The summed E-state index contributed by atoms with van der Waals surface area (Å²) in [4.78, 5) is 14.6. The molecular formula is C16H22N4O. The number of amides is 1. The van der Waals surface area contributed by atoms with Crippen molar-refractivity contribution in [1.29, 1.82) is 0 Å². The summed E-state index contributed by atoms with van der Waals surface area (Å²) < 4.78 is 0. The number of nitrogens with one attached hydrogen (secondary N) is 1. The Balaban J connectivity index is 1.91. The lowest BCUT2D eigenvalue weighted by Crippen LogP contribution is -2.42. The molecule has 2 atom stereocenters. The van der Waals surface area contributed by atoms with E-state index in [-0.39, 0.29) is 5.91 Å². The van der Waals surface area contributed by atoms with Crippen LogP contribution in [0.25, 0.3) is 10.9 Å². The number of nitrogens with zero attached hydrogens (tertiary/aromatic N) is 2. The molecule has 1 heterocycles. The van der Waals surface area contributed by atoms with Gasteiger partial charge in [-0.1, -0.05) is 19.8 Å². The van der Waals surface area contributed by atoms with Gasteiger partial charge in [0.05, 0.1) is 5.52 Å². The van der Waals surface area contributed by atoms with Crippen molar-refractivity contribution in [3.05, 3.63) is 23.9 Å². The molecule has 3 N–H and O–H groups in total. The minimum absolute atomic E-state index is 0.0226. The number of anilines is 1. The van der Waals surface area contributed by atoms with Crippen LogP contribution in [0.3, 0.4) is 0 Å². The van der Waals surface area contributed by atoms with E-state index in [9.17, 15) is 4.79 Å². The van der Waals surface area contributed by atoms with Crippen molar-refractivity contribution in [2.45, 2.75) is 38.6 Å². The van der Waals surface area contributed by atoms with E-state index in [1.807, 2.05) is 30.1 Å². The summed E-state index contributed by atoms with van der Waals surface area (Å²) >= 11 is 0. The zero-order valence-corrected chi connectivity index (χ0v) is 12.6. The van der Waals surface area contributed by atoms with Crippen LogP contribution in [0.2, 0.25) is 0 Å². The lowest BCUT2D eigenvalue weighted by atomic mass is 9.85. The first-order chi connectivity index (χ1) is 10.1. The van der Waals surface area contributed by atoms with Crippen LogP contribution in [-0.2, 0) is 0 Å². The number of aromatic amines is 1. The first-order valence-electron chi connectivity index (χ1n) is 7.58. The lowest BCUT2D eigenvalue weighted by molar-refractivity contribution is 0.0625. The molecule has 1 amide bonds. The zero-order chi connectivity index (χ0) is 15.0. The Labute approximate surface area is 124 Å². The number of hydrogen-bond donors (Lipinski definition) is 2. The number of carbonyl (C=O) groups is 1. The van der Waals surface area contributed by atoms with Crippen LogP contribution < -0.4 is 5.73 Å². The number of nitrogen functional groups attached to an aromatic ring is 1. The van der Waals surface area contributed by atoms with E-state index in [4.69, 9.17) is 5.73 Å². The molecule has 2 unspecified atom stereocenters. The third kappa shape index (κ3) is 2.48. The van der Waals surface area contributed by atoms with Crippen LogP contribution in [0.5, 0.6) is 0 Å². The van der Waals surface area contributed by atoms with E-state index in [1.165, 1.54) is 19.3 Å². The van der Waals surface area contributed by atoms with Gasteiger partial charge in [-0.3, -0.25) is 9.89 Å². The molecule has 1 aliphatic carbocycles. The van der Waals surface area contributed by atoms with Crippen molar-refractivity contribution in [2.24, 2.45) is 5.92 Å². The average molecular weight is 286 g/mol. The Morgan fingerprint density at radius 1 is 1.38 bits per heavy atom. The molecule has 1 saturated carbocycles. The molecule has 21 heavy (non-hydrogen) atoms. The summed E-state index contributed by atoms with van der Waals surface area (Å²) in [6.07, 6.45) is 4.73. The molecule has 5 nitrogen and oxygen atoms in total. The third-order valence-electron chi connectivity index (χ3n) is 4.67. The number of nitrogens with two attached hydrogens (primary N) is 1. The van der Waals surface area contributed by atoms with Gasteiger partial charge in [0.2, 0.25) is 0 Å². The van der Waals surface area contributed by atoms with Crippen molar-refractivity contribution in [3.63, 3.8) is 0 Å². The van der Waals surface area contributed by atoms with Crippen molar-refractivity contribution >= 4 is 22.5 Å². The maximum absolute atomic E-state index is 12.8. The molecule has 5 heteroatoms. The quantitative estimate of drug-likeness (QED) is 0.834. The van der Waals surface area contributed by atoms with Crippen LogP contribution in [-0.4, -0.2) is 34.1 Å². The minimum Gasteiger partial charge on any atom is -0.399 e. The number of carbonyl (C=O) groups excluding carboxylic acids is 1. The first-order valence-corrected chi connectivity index (χ1v) is 7.58. The molecular weight excluding hydrogens is 264 g/mol. The van der Waals surface area contributed by atoms with Crippen LogP contribution >= 0.6 is 0 Å². The molecule has 1 fully saturated rings. The van der Waals surface area contributed by atoms with E-state index in [0.29, 0.717) is 23.3 Å². The highest BCUT2D eigenvalue weighted by Crippen LogP contribution is 2.29. The fourth-order valence-corrected chi connectivity index (χ4v) is 3.38. The van der Waals surface area contributed by atoms with Crippen LogP contribution in [0.1, 0.15) is 43.1 Å². The third-order valence-corrected chi connectivity index (χ3v) is 4.67. The summed E-state index contributed by atoms with van der Waals surface area (Å²) in [5.74, 6) is 0.522. The van der Waals surface area contributed by atoms with Crippen molar-refractivity contribution < 1.29 is 4.79 Å². The van der Waals surface area contributed by atoms with E-state index in [2.05, 4.69) is 17.1 Å². The fourth-order valence-electron chi connectivity index (χ4n) is 3.38. The number of hydrogen-bond acceptors (Lipinski definition) is 3. The monoisotopic (exact) mass is 286 g/mol. The van der Waals surface area contributed by atoms with E-state index < -0.39 is 0 Å². The number of benzene rings is 1. The Morgan fingerprint density at radius 2 is 2.14 bits per heavy atom. The molecule has 0 bridgehead atoms. The summed E-state index contributed by atoms with van der Waals surface area (Å²) in [5.41, 5.74) is 7.79. The molecule has 112 valence electrons. The summed E-state index contributed by atoms with van der Waals surface area (Å²) in [7, 11) is 1.89. The summed E-state index contributed by atoms with van der Waals surface area (Å²) in [5, 5.41) is 7.92. The number of aromatic nitrogens is 2. The summed E-state index contributed by atoms with van der Waals surface area (Å²) in [6.45, 7) is 2.23. The molecule has 3 rings (SSSR count). The zero-order valence-electron chi connectivity index (χ0n) is 12.6. The van der Waals surface area contributed by atoms with Crippen molar-refractivity contribution in [3.8, 4) is 0 Å². The van der Waals surface area contributed by atoms with Crippen LogP contribution in [0, 0.1) is 5.92 Å². The molecule has 0 spiro atoms. The topological polar surface area (TPSA) is 75.0 Å². The molecule has 0 aliphatic heterocycles. The normalized spacial score (nSPS) is 22.4. The highest BCUT2D eigenvalue weighted by atomic mass is 16.2.